The first kappa shape index (κ1) is 15.0. The Morgan fingerprint density at radius 3 is 2.30 bits per heavy atom. The number of halogens is 2. The Morgan fingerprint density at radius 1 is 1.04 bits per heavy atom. The Hall–Kier alpha value is -1.52. The summed E-state index contributed by atoms with van der Waals surface area (Å²) in [6.45, 7) is 0. The number of benzene rings is 1. The minimum atomic E-state index is -0.885. The number of fused-ring (bicyclic) bond motifs is 1. The molecule has 2 N–H and O–H groups in total. The molecular weight excluding hydrogens is 337 g/mol. The number of carboxylic acids is 1. The first-order valence-corrected chi connectivity index (χ1v) is 8.40. The van der Waals surface area contributed by atoms with Crippen LogP contribution in [-0.2, 0) is 9.59 Å². The third kappa shape index (κ3) is 2.36. The molecule has 4 aliphatic rings. The number of anilines is 1. The van der Waals surface area contributed by atoms with Gasteiger partial charge in [-0.15, -0.1) is 0 Å². The molecule has 120 valence electrons. The number of allylic oxidation sites excluding steroid dienone is 2. The van der Waals surface area contributed by atoms with Crippen LogP contribution in [0.2, 0.25) is 10.0 Å². The molecule has 1 amide bonds. The summed E-state index contributed by atoms with van der Waals surface area (Å²) in [5, 5.41) is 13.2. The number of amides is 1. The number of nitrogens with one attached hydrogen (secondary N) is 1. The zero-order chi connectivity index (χ0) is 16.3. The molecule has 1 aromatic rings. The highest BCUT2D eigenvalue weighted by Gasteiger charge is 2.62. The quantitative estimate of drug-likeness (QED) is 0.816. The summed E-state index contributed by atoms with van der Waals surface area (Å²) in [4.78, 5) is 24.5. The molecule has 6 heteroatoms. The fraction of sp³-hybridized carbons (Fsp3) is 0.412. The van der Waals surface area contributed by atoms with E-state index in [1.165, 1.54) is 0 Å². The number of rotatable bonds is 3. The van der Waals surface area contributed by atoms with E-state index in [0.717, 1.165) is 6.42 Å². The minimum Gasteiger partial charge on any atom is -0.481 e. The van der Waals surface area contributed by atoms with Crippen molar-refractivity contribution in [1.29, 1.82) is 0 Å². The smallest absolute Gasteiger partial charge is 0.307 e. The lowest BCUT2D eigenvalue weighted by Gasteiger charge is -2.41. The summed E-state index contributed by atoms with van der Waals surface area (Å²) in [5.74, 6) is -1.40. The maximum Gasteiger partial charge on any atom is 0.307 e. The van der Waals surface area contributed by atoms with E-state index in [-0.39, 0.29) is 17.7 Å². The number of carboxylic acid groups (broad SMARTS) is 1. The maximum atomic E-state index is 12.7. The van der Waals surface area contributed by atoms with Gasteiger partial charge in [0.2, 0.25) is 5.91 Å². The van der Waals surface area contributed by atoms with Crippen molar-refractivity contribution >= 4 is 40.8 Å². The molecule has 2 fully saturated rings. The van der Waals surface area contributed by atoms with E-state index < -0.39 is 17.8 Å². The van der Waals surface area contributed by atoms with Gasteiger partial charge in [0.1, 0.15) is 0 Å². The van der Waals surface area contributed by atoms with Gasteiger partial charge in [-0.2, -0.15) is 0 Å². The van der Waals surface area contributed by atoms with Crippen LogP contribution in [0.3, 0.4) is 0 Å². The van der Waals surface area contributed by atoms with Gasteiger partial charge in [-0.1, -0.05) is 35.4 Å². The molecule has 0 heterocycles. The lowest BCUT2D eigenvalue weighted by molar-refractivity contribution is -0.152. The molecule has 5 rings (SSSR count). The minimum absolute atomic E-state index is 0.0212. The first-order chi connectivity index (χ1) is 11.0. The van der Waals surface area contributed by atoms with E-state index in [1.54, 1.807) is 18.2 Å². The van der Waals surface area contributed by atoms with E-state index in [9.17, 15) is 14.7 Å². The standard InChI is InChI=1S/C17H15Cl2NO3/c18-12-4-1-7(5-13(12)19)20-16(21)14-8-2-3-9(11-6-10(8)11)15(14)17(22)23/h1-5,8-11,14-15H,6H2,(H,20,21)(H,22,23). The largest absolute Gasteiger partial charge is 0.481 e. The molecule has 6 atom stereocenters. The van der Waals surface area contributed by atoms with Gasteiger partial charge in [0, 0.05) is 5.69 Å². The molecule has 0 radical (unpaired) electrons. The van der Waals surface area contributed by atoms with Crippen LogP contribution in [0.5, 0.6) is 0 Å². The summed E-state index contributed by atoms with van der Waals surface area (Å²) in [5.41, 5.74) is 0.534. The van der Waals surface area contributed by atoms with Gasteiger partial charge >= 0.3 is 5.97 Å². The molecule has 2 bridgehead atoms. The number of aliphatic carboxylic acids is 1. The van der Waals surface area contributed by atoms with Crippen molar-refractivity contribution in [2.24, 2.45) is 35.5 Å². The van der Waals surface area contributed by atoms with E-state index in [0.29, 0.717) is 27.6 Å². The van der Waals surface area contributed by atoms with Crippen molar-refractivity contribution in [3.05, 3.63) is 40.4 Å². The second-order valence-corrected chi connectivity index (χ2v) is 7.43. The second-order valence-electron chi connectivity index (χ2n) is 6.61. The third-order valence-corrected chi connectivity index (χ3v) is 6.17. The lowest BCUT2D eigenvalue weighted by Crippen LogP contribution is -2.48. The van der Waals surface area contributed by atoms with Gasteiger partial charge in [-0.25, -0.2) is 0 Å². The van der Waals surface area contributed by atoms with Crippen LogP contribution in [0.15, 0.2) is 30.4 Å². The van der Waals surface area contributed by atoms with Crippen molar-refractivity contribution in [1.82, 2.24) is 0 Å². The SMILES string of the molecule is O=C(O)C1C2C=CC(C3CC23)C1C(=O)Nc1ccc(Cl)c(Cl)c1. The molecule has 6 unspecified atom stereocenters. The van der Waals surface area contributed by atoms with Gasteiger partial charge in [-0.3, -0.25) is 9.59 Å². The van der Waals surface area contributed by atoms with E-state index >= 15 is 0 Å². The predicted octanol–water partition coefficient (Wildman–Crippen LogP) is 3.70. The first-order valence-electron chi connectivity index (χ1n) is 7.64. The Bertz CT molecular complexity index is 733. The third-order valence-electron chi connectivity index (χ3n) is 5.43. The van der Waals surface area contributed by atoms with Gasteiger partial charge in [0.15, 0.2) is 0 Å². The van der Waals surface area contributed by atoms with Crippen LogP contribution < -0.4 is 5.32 Å². The van der Waals surface area contributed by atoms with Crippen LogP contribution in [0, 0.1) is 35.5 Å². The topological polar surface area (TPSA) is 66.4 Å². The summed E-state index contributed by atoms with van der Waals surface area (Å²) in [7, 11) is 0. The van der Waals surface area contributed by atoms with Gasteiger partial charge in [0.25, 0.3) is 0 Å². The fourth-order valence-electron chi connectivity index (χ4n) is 4.37. The zero-order valence-corrected chi connectivity index (χ0v) is 13.6. The fourth-order valence-corrected chi connectivity index (χ4v) is 4.67. The zero-order valence-electron chi connectivity index (χ0n) is 12.1. The average molecular weight is 352 g/mol. The van der Waals surface area contributed by atoms with Crippen molar-refractivity contribution < 1.29 is 14.7 Å². The van der Waals surface area contributed by atoms with Crippen molar-refractivity contribution in [2.75, 3.05) is 5.32 Å². The van der Waals surface area contributed by atoms with Crippen LogP contribution in [-0.4, -0.2) is 17.0 Å². The van der Waals surface area contributed by atoms with Gasteiger partial charge < -0.3 is 10.4 Å². The second kappa shape index (κ2) is 5.25. The van der Waals surface area contributed by atoms with Crippen LogP contribution in [0.4, 0.5) is 5.69 Å². The Kier molecular flexibility index (Phi) is 3.43. The Balaban J connectivity index is 1.60. The van der Waals surface area contributed by atoms with Crippen LogP contribution in [0.25, 0.3) is 0 Å². The number of carbonyl (C=O) groups is 2. The summed E-state index contributed by atoms with van der Waals surface area (Å²) >= 11 is 11.8. The summed E-state index contributed by atoms with van der Waals surface area (Å²) < 4.78 is 0. The highest BCUT2D eigenvalue weighted by molar-refractivity contribution is 6.42. The Labute approximate surface area is 143 Å². The average Bonchev–Trinajstić information content (AvgIpc) is 3.32. The predicted molar refractivity (Wildman–Crippen MR) is 87.4 cm³/mol. The molecular formula is C17H15Cl2NO3. The highest BCUT2D eigenvalue weighted by Crippen LogP contribution is 2.63. The van der Waals surface area contributed by atoms with Gasteiger partial charge in [-0.05, 0) is 48.3 Å². The molecule has 4 aliphatic carbocycles. The van der Waals surface area contributed by atoms with Crippen molar-refractivity contribution in [2.45, 2.75) is 6.42 Å². The van der Waals surface area contributed by atoms with Crippen molar-refractivity contribution in [3.8, 4) is 0 Å². The van der Waals surface area contributed by atoms with Gasteiger partial charge in [0.05, 0.1) is 21.9 Å². The molecule has 0 aliphatic heterocycles. The molecule has 4 nitrogen and oxygen atoms in total. The number of hydrogen-bond acceptors (Lipinski definition) is 2. The summed E-state index contributed by atoms with van der Waals surface area (Å²) in [6.07, 6.45) is 5.07. The van der Waals surface area contributed by atoms with E-state index in [4.69, 9.17) is 23.2 Å². The monoisotopic (exact) mass is 351 g/mol. The van der Waals surface area contributed by atoms with E-state index in [1.807, 2.05) is 12.2 Å². The van der Waals surface area contributed by atoms with Crippen molar-refractivity contribution in [3.63, 3.8) is 0 Å². The highest BCUT2D eigenvalue weighted by atomic mass is 35.5. The molecule has 2 saturated carbocycles. The molecule has 0 saturated heterocycles. The Morgan fingerprint density at radius 2 is 1.70 bits per heavy atom. The molecule has 0 aromatic heterocycles. The van der Waals surface area contributed by atoms with E-state index in [2.05, 4.69) is 5.32 Å². The summed E-state index contributed by atoms with van der Waals surface area (Å²) in [6, 6.07) is 4.85. The molecule has 23 heavy (non-hydrogen) atoms. The maximum absolute atomic E-state index is 12.7. The number of hydrogen-bond donors (Lipinski definition) is 2. The normalized spacial score (nSPS) is 36.4. The van der Waals surface area contributed by atoms with Crippen LogP contribution >= 0.6 is 23.2 Å². The lowest BCUT2D eigenvalue weighted by atomic mass is 9.62. The molecule has 0 spiro atoms. The molecule has 1 aromatic carbocycles. The van der Waals surface area contributed by atoms with Crippen LogP contribution in [0.1, 0.15) is 6.42 Å². The number of carbonyl (C=O) groups excluding carboxylic acids is 1.